The Bertz CT molecular complexity index is 1000. The standard InChI is InChI=1S/C18H13F2NO2S/c1-24(22,23)17-9-6-13(11-16(17)20)18-15(3-2-10-21-18)12-4-7-14(19)8-5-12/h2-11H,1H3. The molecule has 0 amide bonds. The maximum absolute atomic E-state index is 14.2. The van der Waals surface area contributed by atoms with Crippen LogP contribution in [0.5, 0.6) is 0 Å². The summed E-state index contributed by atoms with van der Waals surface area (Å²) in [7, 11) is -3.64. The fraction of sp³-hybridized carbons (Fsp3) is 0.0556. The molecule has 0 unspecified atom stereocenters. The van der Waals surface area contributed by atoms with E-state index in [1.165, 1.54) is 24.3 Å². The summed E-state index contributed by atoms with van der Waals surface area (Å²) < 4.78 is 50.3. The number of rotatable bonds is 3. The minimum Gasteiger partial charge on any atom is -0.256 e. The first-order valence-corrected chi connectivity index (χ1v) is 8.96. The van der Waals surface area contributed by atoms with Crippen LogP contribution in [-0.4, -0.2) is 19.7 Å². The van der Waals surface area contributed by atoms with Crippen molar-refractivity contribution in [3.05, 3.63) is 72.4 Å². The molecule has 0 atom stereocenters. The lowest BCUT2D eigenvalue weighted by Crippen LogP contribution is -2.01. The molecule has 3 rings (SSSR count). The molecule has 0 aliphatic heterocycles. The highest BCUT2D eigenvalue weighted by Gasteiger charge is 2.16. The van der Waals surface area contributed by atoms with E-state index in [4.69, 9.17) is 0 Å². The van der Waals surface area contributed by atoms with E-state index in [0.717, 1.165) is 17.9 Å². The van der Waals surface area contributed by atoms with E-state index in [9.17, 15) is 17.2 Å². The van der Waals surface area contributed by atoms with Gasteiger partial charge in [0.1, 0.15) is 16.5 Å². The molecule has 0 fully saturated rings. The molecule has 1 aromatic heterocycles. The number of hydrogen-bond donors (Lipinski definition) is 0. The lowest BCUT2D eigenvalue weighted by Gasteiger charge is -2.10. The first-order valence-electron chi connectivity index (χ1n) is 7.07. The van der Waals surface area contributed by atoms with Gasteiger partial charge in [-0.2, -0.15) is 0 Å². The van der Waals surface area contributed by atoms with Gasteiger partial charge in [0.25, 0.3) is 0 Å². The molecule has 6 heteroatoms. The van der Waals surface area contributed by atoms with Gasteiger partial charge in [0.2, 0.25) is 0 Å². The molecule has 0 N–H and O–H groups in total. The van der Waals surface area contributed by atoms with Gasteiger partial charge in [-0.1, -0.05) is 24.3 Å². The van der Waals surface area contributed by atoms with Crippen LogP contribution >= 0.6 is 0 Å². The van der Waals surface area contributed by atoms with E-state index < -0.39 is 15.7 Å². The predicted octanol–water partition coefficient (Wildman–Crippen LogP) is 4.10. The second kappa shape index (κ2) is 6.13. The van der Waals surface area contributed by atoms with Crippen molar-refractivity contribution in [1.82, 2.24) is 4.98 Å². The molecule has 0 aliphatic carbocycles. The fourth-order valence-corrected chi connectivity index (χ4v) is 3.17. The lowest BCUT2D eigenvalue weighted by molar-refractivity contribution is 0.571. The van der Waals surface area contributed by atoms with Crippen molar-refractivity contribution in [2.45, 2.75) is 4.90 Å². The van der Waals surface area contributed by atoms with Crippen molar-refractivity contribution in [3.63, 3.8) is 0 Å². The Morgan fingerprint density at radius 1 is 0.917 bits per heavy atom. The van der Waals surface area contributed by atoms with Crippen LogP contribution in [0.4, 0.5) is 8.78 Å². The minimum absolute atomic E-state index is 0.354. The number of aromatic nitrogens is 1. The minimum atomic E-state index is -3.64. The van der Waals surface area contributed by atoms with E-state index in [1.54, 1.807) is 30.5 Å². The molecule has 1 heterocycles. The average Bonchev–Trinajstić information content (AvgIpc) is 2.54. The van der Waals surface area contributed by atoms with Crippen LogP contribution in [0, 0.1) is 11.6 Å². The van der Waals surface area contributed by atoms with E-state index >= 15 is 0 Å². The lowest BCUT2D eigenvalue weighted by atomic mass is 9.99. The quantitative estimate of drug-likeness (QED) is 0.718. The molecule has 3 nitrogen and oxygen atoms in total. The average molecular weight is 345 g/mol. The molecule has 24 heavy (non-hydrogen) atoms. The van der Waals surface area contributed by atoms with Crippen LogP contribution < -0.4 is 0 Å². The van der Waals surface area contributed by atoms with Crippen molar-refractivity contribution >= 4 is 9.84 Å². The predicted molar refractivity (Wildman–Crippen MR) is 88.1 cm³/mol. The normalized spacial score (nSPS) is 11.5. The number of hydrogen-bond acceptors (Lipinski definition) is 3. The molecule has 122 valence electrons. The summed E-state index contributed by atoms with van der Waals surface area (Å²) in [5.41, 5.74) is 2.36. The second-order valence-corrected chi connectivity index (χ2v) is 7.31. The van der Waals surface area contributed by atoms with Gasteiger partial charge in [-0.15, -0.1) is 0 Å². The highest BCUT2D eigenvalue weighted by molar-refractivity contribution is 7.90. The molecule has 0 spiro atoms. The van der Waals surface area contributed by atoms with Crippen LogP contribution in [0.15, 0.2) is 65.7 Å². The molecule has 0 aliphatic rings. The Kier molecular flexibility index (Phi) is 4.15. The summed E-state index contributed by atoms with van der Waals surface area (Å²) in [4.78, 5) is 3.91. The van der Waals surface area contributed by atoms with Gasteiger partial charge >= 0.3 is 0 Å². The van der Waals surface area contributed by atoms with E-state index in [2.05, 4.69) is 4.98 Å². The summed E-state index contributed by atoms with van der Waals surface area (Å²) in [5.74, 6) is -1.18. The highest BCUT2D eigenvalue weighted by Crippen LogP contribution is 2.31. The molecule has 0 bridgehead atoms. The van der Waals surface area contributed by atoms with E-state index in [0.29, 0.717) is 16.8 Å². The maximum atomic E-state index is 14.2. The Balaban J connectivity index is 2.14. The highest BCUT2D eigenvalue weighted by atomic mass is 32.2. The number of halogens is 2. The van der Waals surface area contributed by atoms with Crippen molar-refractivity contribution in [2.75, 3.05) is 6.26 Å². The third-order valence-electron chi connectivity index (χ3n) is 3.57. The second-order valence-electron chi connectivity index (χ2n) is 5.32. The van der Waals surface area contributed by atoms with Crippen LogP contribution in [0.1, 0.15) is 0 Å². The van der Waals surface area contributed by atoms with Crippen LogP contribution in [0.2, 0.25) is 0 Å². The van der Waals surface area contributed by atoms with Gasteiger partial charge in [0.15, 0.2) is 9.84 Å². The van der Waals surface area contributed by atoms with Crippen molar-refractivity contribution < 1.29 is 17.2 Å². The molecular weight excluding hydrogens is 332 g/mol. The zero-order valence-corrected chi connectivity index (χ0v) is 13.5. The third kappa shape index (κ3) is 3.19. The van der Waals surface area contributed by atoms with Gasteiger partial charge in [-0.05, 0) is 35.9 Å². The number of nitrogens with zero attached hydrogens (tertiary/aromatic N) is 1. The molecule has 0 radical (unpaired) electrons. The molecule has 0 saturated carbocycles. The Morgan fingerprint density at radius 2 is 1.58 bits per heavy atom. The van der Waals surface area contributed by atoms with Crippen molar-refractivity contribution in [1.29, 1.82) is 0 Å². The maximum Gasteiger partial charge on any atom is 0.178 e. The van der Waals surface area contributed by atoms with Gasteiger partial charge in [0, 0.05) is 23.6 Å². The first-order chi connectivity index (χ1) is 11.4. The van der Waals surface area contributed by atoms with Crippen LogP contribution in [0.3, 0.4) is 0 Å². The smallest absolute Gasteiger partial charge is 0.178 e. The molecule has 3 aromatic rings. The number of benzene rings is 2. The van der Waals surface area contributed by atoms with Crippen molar-refractivity contribution in [3.8, 4) is 22.4 Å². The van der Waals surface area contributed by atoms with Gasteiger partial charge < -0.3 is 0 Å². The van der Waals surface area contributed by atoms with Gasteiger partial charge in [-0.3, -0.25) is 4.98 Å². The van der Waals surface area contributed by atoms with Crippen LogP contribution in [0.25, 0.3) is 22.4 Å². The first kappa shape index (κ1) is 16.3. The van der Waals surface area contributed by atoms with Gasteiger partial charge in [0.05, 0.1) is 5.69 Å². The SMILES string of the molecule is CS(=O)(=O)c1ccc(-c2ncccc2-c2ccc(F)cc2)cc1F. The Morgan fingerprint density at radius 3 is 2.21 bits per heavy atom. The fourth-order valence-electron chi connectivity index (χ4n) is 2.45. The zero-order valence-electron chi connectivity index (χ0n) is 12.7. The monoisotopic (exact) mass is 345 g/mol. The Hall–Kier alpha value is -2.60. The van der Waals surface area contributed by atoms with Crippen LogP contribution in [-0.2, 0) is 9.84 Å². The summed E-state index contributed by atoms with van der Waals surface area (Å²) in [6, 6.07) is 13.3. The summed E-state index contributed by atoms with van der Waals surface area (Å²) in [6.07, 6.45) is 2.51. The molecule has 2 aromatic carbocycles. The molecular formula is C18H13F2NO2S. The van der Waals surface area contributed by atoms with Crippen molar-refractivity contribution in [2.24, 2.45) is 0 Å². The van der Waals surface area contributed by atoms with E-state index in [-0.39, 0.29) is 10.7 Å². The topological polar surface area (TPSA) is 47.0 Å². The molecule has 0 saturated heterocycles. The summed E-state index contributed by atoms with van der Waals surface area (Å²) >= 11 is 0. The third-order valence-corrected chi connectivity index (χ3v) is 4.70. The number of pyridine rings is 1. The van der Waals surface area contributed by atoms with Gasteiger partial charge in [-0.25, -0.2) is 17.2 Å². The van der Waals surface area contributed by atoms with E-state index in [1.807, 2.05) is 0 Å². The zero-order chi connectivity index (χ0) is 17.3. The number of sulfone groups is 1. The Labute approximate surface area is 138 Å². The summed E-state index contributed by atoms with van der Waals surface area (Å²) in [6.45, 7) is 0. The largest absolute Gasteiger partial charge is 0.256 e. The summed E-state index contributed by atoms with van der Waals surface area (Å²) in [5, 5.41) is 0.